The molecule has 0 heterocycles. The van der Waals surface area contributed by atoms with Gasteiger partial charge in [-0.15, -0.1) is 0 Å². The highest BCUT2D eigenvalue weighted by atomic mass is 15.2. The molecule has 2 nitrogen and oxygen atoms in total. The van der Waals surface area contributed by atoms with Crippen molar-refractivity contribution in [1.82, 2.24) is 10.2 Å². The van der Waals surface area contributed by atoms with Crippen molar-refractivity contribution in [2.75, 3.05) is 20.1 Å². The molecule has 4 atom stereocenters. The highest BCUT2D eigenvalue weighted by Gasteiger charge is 2.41. The predicted molar refractivity (Wildman–Crippen MR) is 90.2 cm³/mol. The topological polar surface area (TPSA) is 15.3 Å². The van der Waals surface area contributed by atoms with E-state index in [2.05, 4.69) is 51.9 Å². The fourth-order valence-electron chi connectivity index (χ4n) is 4.65. The molecule has 1 saturated carbocycles. The van der Waals surface area contributed by atoms with Crippen molar-refractivity contribution < 1.29 is 0 Å². The van der Waals surface area contributed by atoms with Gasteiger partial charge < -0.3 is 5.32 Å². The molecule has 0 aliphatic heterocycles. The molecule has 1 fully saturated rings. The molecule has 1 aliphatic rings. The van der Waals surface area contributed by atoms with Crippen LogP contribution in [0.25, 0.3) is 0 Å². The van der Waals surface area contributed by atoms with Gasteiger partial charge in [-0.05, 0) is 58.2 Å². The fraction of sp³-hybridized carbons (Fsp3) is 1.00. The van der Waals surface area contributed by atoms with E-state index in [0.717, 1.165) is 24.9 Å². The van der Waals surface area contributed by atoms with E-state index in [1.165, 1.54) is 38.5 Å². The second-order valence-electron chi connectivity index (χ2n) is 6.85. The lowest BCUT2D eigenvalue weighted by Gasteiger charge is -2.50. The third-order valence-corrected chi connectivity index (χ3v) is 6.05. The average molecular weight is 283 g/mol. The Bertz CT molecular complexity index is 262. The number of nitrogens with one attached hydrogen (secondary N) is 1. The minimum Gasteiger partial charge on any atom is -0.315 e. The molecule has 1 rings (SSSR count). The molecule has 0 aromatic heterocycles. The summed E-state index contributed by atoms with van der Waals surface area (Å²) in [7, 11) is 2.18. The molecule has 0 spiro atoms. The maximum Gasteiger partial charge on any atom is 0.0334 e. The zero-order chi connectivity index (χ0) is 15.2. The second kappa shape index (κ2) is 8.38. The minimum atomic E-state index is 0.290. The van der Waals surface area contributed by atoms with Crippen LogP contribution in [0.2, 0.25) is 0 Å². The molecule has 0 aromatic rings. The Balaban J connectivity index is 2.90. The third-order valence-electron chi connectivity index (χ3n) is 6.05. The van der Waals surface area contributed by atoms with Crippen LogP contribution in [0.15, 0.2) is 0 Å². The molecule has 4 unspecified atom stereocenters. The van der Waals surface area contributed by atoms with Gasteiger partial charge in [0.2, 0.25) is 0 Å². The highest BCUT2D eigenvalue weighted by Crippen LogP contribution is 2.38. The van der Waals surface area contributed by atoms with E-state index in [-0.39, 0.29) is 0 Å². The Morgan fingerprint density at radius 1 is 1.15 bits per heavy atom. The van der Waals surface area contributed by atoms with Crippen molar-refractivity contribution in [2.24, 2.45) is 11.8 Å². The van der Waals surface area contributed by atoms with Gasteiger partial charge in [-0.3, -0.25) is 4.90 Å². The monoisotopic (exact) mass is 282 g/mol. The second-order valence-corrected chi connectivity index (χ2v) is 6.85. The minimum absolute atomic E-state index is 0.290. The summed E-state index contributed by atoms with van der Waals surface area (Å²) in [5.74, 6) is 1.81. The largest absolute Gasteiger partial charge is 0.315 e. The number of hydrogen-bond acceptors (Lipinski definition) is 2. The van der Waals surface area contributed by atoms with E-state index in [1.54, 1.807) is 0 Å². The van der Waals surface area contributed by atoms with Crippen molar-refractivity contribution in [2.45, 2.75) is 84.7 Å². The van der Waals surface area contributed by atoms with Crippen molar-refractivity contribution in [1.29, 1.82) is 0 Å². The number of nitrogens with zero attached hydrogens (tertiary/aromatic N) is 1. The van der Waals surface area contributed by atoms with Crippen LogP contribution in [0.4, 0.5) is 0 Å². The first-order valence-electron chi connectivity index (χ1n) is 8.99. The maximum atomic E-state index is 3.72. The van der Waals surface area contributed by atoms with E-state index < -0.39 is 0 Å². The molecule has 20 heavy (non-hydrogen) atoms. The van der Waals surface area contributed by atoms with E-state index >= 15 is 0 Å². The molecular formula is C18H38N2. The first-order chi connectivity index (χ1) is 9.57. The highest BCUT2D eigenvalue weighted by molar-refractivity contribution is 4.99. The molecule has 1 N–H and O–H groups in total. The van der Waals surface area contributed by atoms with Crippen LogP contribution >= 0.6 is 0 Å². The summed E-state index contributed by atoms with van der Waals surface area (Å²) in [6, 6.07) is 0.627. The van der Waals surface area contributed by atoms with Crippen LogP contribution in [-0.2, 0) is 0 Å². The smallest absolute Gasteiger partial charge is 0.0334 e. The van der Waals surface area contributed by atoms with E-state index in [1.807, 2.05) is 0 Å². The van der Waals surface area contributed by atoms with Crippen molar-refractivity contribution in [3.8, 4) is 0 Å². The van der Waals surface area contributed by atoms with Crippen LogP contribution in [-0.4, -0.2) is 36.6 Å². The van der Waals surface area contributed by atoms with Crippen molar-refractivity contribution >= 4 is 0 Å². The zero-order valence-corrected chi connectivity index (χ0v) is 14.8. The Labute approximate surface area is 127 Å². The standard InChI is InChI=1S/C18H38N2/c1-7-15-12-11-13-16(14-15)17(19-6)18(5,8-2)20(9-3)10-4/h15-17,19H,7-14H2,1-6H3. The Hall–Kier alpha value is -0.0800. The molecular weight excluding hydrogens is 244 g/mol. The summed E-state index contributed by atoms with van der Waals surface area (Å²) in [6.07, 6.45) is 8.32. The first-order valence-corrected chi connectivity index (χ1v) is 8.99. The third kappa shape index (κ3) is 3.76. The maximum absolute atomic E-state index is 3.72. The van der Waals surface area contributed by atoms with Gasteiger partial charge in [0, 0.05) is 11.6 Å². The van der Waals surface area contributed by atoms with Gasteiger partial charge in [0.1, 0.15) is 0 Å². The van der Waals surface area contributed by atoms with Crippen LogP contribution in [0.3, 0.4) is 0 Å². The number of hydrogen-bond donors (Lipinski definition) is 1. The van der Waals surface area contributed by atoms with Crippen LogP contribution in [0, 0.1) is 11.8 Å². The van der Waals surface area contributed by atoms with Crippen molar-refractivity contribution in [3.63, 3.8) is 0 Å². The van der Waals surface area contributed by atoms with Gasteiger partial charge in [-0.2, -0.15) is 0 Å². The van der Waals surface area contributed by atoms with Gasteiger partial charge in [-0.25, -0.2) is 0 Å². The molecule has 1 aliphatic carbocycles. The fourth-order valence-corrected chi connectivity index (χ4v) is 4.65. The van der Waals surface area contributed by atoms with Crippen LogP contribution in [0.5, 0.6) is 0 Å². The number of likely N-dealkylation sites (N-methyl/N-ethyl adjacent to an activating group) is 2. The summed E-state index contributed by atoms with van der Waals surface area (Å²) in [5, 5.41) is 3.72. The Kier molecular flexibility index (Phi) is 7.53. The van der Waals surface area contributed by atoms with Gasteiger partial charge in [0.25, 0.3) is 0 Å². The molecule has 0 radical (unpaired) electrons. The van der Waals surface area contributed by atoms with E-state index in [4.69, 9.17) is 0 Å². The summed E-state index contributed by atoms with van der Waals surface area (Å²) in [6.45, 7) is 14.1. The zero-order valence-electron chi connectivity index (χ0n) is 14.8. The lowest BCUT2D eigenvalue weighted by molar-refractivity contribution is 0.0332. The lowest BCUT2D eigenvalue weighted by Crippen LogP contribution is -2.61. The summed E-state index contributed by atoms with van der Waals surface area (Å²) in [4.78, 5) is 2.67. The van der Waals surface area contributed by atoms with Crippen molar-refractivity contribution in [3.05, 3.63) is 0 Å². The van der Waals surface area contributed by atoms with Gasteiger partial charge in [0.05, 0.1) is 0 Å². The first kappa shape index (κ1) is 18.0. The van der Waals surface area contributed by atoms with Gasteiger partial charge >= 0.3 is 0 Å². The average Bonchev–Trinajstić information content (AvgIpc) is 2.49. The van der Waals surface area contributed by atoms with Gasteiger partial charge in [-0.1, -0.05) is 47.0 Å². The molecule has 0 amide bonds. The quantitative estimate of drug-likeness (QED) is 0.714. The Morgan fingerprint density at radius 2 is 1.80 bits per heavy atom. The summed E-state index contributed by atoms with van der Waals surface area (Å²) < 4.78 is 0. The SMILES string of the molecule is CCC1CCCC(C(NC)C(C)(CC)N(CC)CC)C1. The normalized spacial score (nSPS) is 28.4. The molecule has 0 aromatic carbocycles. The van der Waals surface area contributed by atoms with Gasteiger partial charge in [0.15, 0.2) is 0 Å². The lowest BCUT2D eigenvalue weighted by atomic mass is 9.70. The molecule has 120 valence electrons. The summed E-state index contributed by atoms with van der Waals surface area (Å²) >= 11 is 0. The van der Waals surface area contributed by atoms with E-state index in [9.17, 15) is 0 Å². The predicted octanol–water partition coefficient (Wildman–Crippen LogP) is 4.30. The van der Waals surface area contributed by atoms with Crippen LogP contribution in [0.1, 0.15) is 73.1 Å². The molecule has 2 heteroatoms. The summed E-state index contributed by atoms with van der Waals surface area (Å²) in [5.41, 5.74) is 0.290. The number of rotatable bonds is 8. The van der Waals surface area contributed by atoms with Crippen LogP contribution < -0.4 is 5.32 Å². The molecule has 0 bridgehead atoms. The van der Waals surface area contributed by atoms with E-state index in [0.29, 0.717) is 11.6 Å². The Morgan fingerprint density at radius 3 is 2.25 bits per heavy atom. The molecule has 0 saturated heterocycles.